The lowest BCUT2D eigenvalue weighted by molar-refractivity contribution is 0.574. The molecule has 0 N–H and O–H groups in total. The Labute approximate surface area is 278 Å². The van der Waals surface area contributed by atoms with Crippen molar-refractivity contribution in [3.8, 4) is 22.8 Å². The molecule has 4 heterocycles. The summed E-state index contributed by atoms with van der Waals surface area (Å²) in [6, 6.07) is 54.8. The number of hydrogen-bond acceptors (Lipinski definition) is 3. The Balaban J connectivity index is 1.11. The minimum absolute atomic E-state index is 0.585. The third kappa shape index (κ3) is 3.56. The summed E-state index contributed by atoms with van der Waals surface area (Å²) in [6.07, 6.45) is 0. The van der Waals surface area contributed by atoms with Crippen molar-refractivity contribution in [2.45, 2.75) is 0 Å². The fourth-order valence-electron chi connectivity index (χ4n) is 7.65. The van der Waals surface area contributed by atoms with Gasteiger partial charge in [-0.15, -0.1) is 11.3 Å². The van der Waals surface area contributed by atoms with Gasteiger partial charge in [0.25, 0.3) is 0 Å². The number of benzene rings is 7. The first kappa shape index (κ1) is 26.0. The summed E-state index contributed by atoms with van der Waals surface area (Å²) in [5, 5.41) is 7.22. The van der Waals surface area contributed by atoms with Crippen LogP contribution in [0.15, 0.2) is 156 Å². The van der Waals surface area contributed by atoms with Crippen LogP contribution in [0.5, 0.6) is 0 Å². The molecule has 0 amide bonds. The summed E-state index contributed by atoms with van der Waals surface area (Å²) in [6.45, 7) is 0. The Morgan fingerprint density at radius 3 is 1.77 bits per heavy atom. The van der Waals surface area contributed by atoms with Crippen molar-refractivity contribution in [1.82, 2.24) is 14.1 Å². The van der Waals surface area contributed by atoms with Gasteiger partial charge in [0.05, 0.1) is 22.1 Å². The highest BCUT2D eigenvalue weighted by atomic mass is 32.1. The highest BCUT2D eigenvalue weighted by Crippen LogP contribution is 2.41. The third-order valence-electron chi connectivity index (χ3n) is 9.77. The molecule has 0 saturated carbocycles. The summed E-state index contributed by atoms with van der Waals surface area (Å²) >= 11 is 1.80. The third-order valence-corrected chi connectivity index (χ3v) is 10.9. The predicted octanol–water partition coefficient (Wildman–Crippen LogP) is 12.1. The van der Waals surface area contributed by atoms with Crippen LogP contribution in [0.4, 0.5) is 0 Å². The van der Waals surface area contributed by atoms with Crippen molar-refractivity contribution in [3.63, 3.8) is 0 Å². The molecule has 0 spiro atoms. The summed E-state index contributed by atoms with van der Waals surface area (Å²) < 4.78 is 13.6. The molecule has 0 aliphatic heterocycles. The van der Waals surface area contributed by atoms with E-state index in [1.165, 1.54) is 58.5 Å². The molecule has 0 bridgehead atoms. The molecule has 5 heteroatoms. The van der Waals surface area contributed by atoms with Crippen molar-refractivity contribution < 1.29 is 4.42 Å². The molecule has 224 valence electrons. The van der Waals surface area contributed by atoms with E-state index in [9.17, 15) is 0 Å². The van der Waals surface area contributed by atoms with Gasteiger partial charge in [0.1, 0.15) is 5.52 Å². The highest BCUT2D eigenvalue weighted by Gasteiger charge is 2.20. The van der Waals surface area contributed by atoms with Gasteiger partial charge in [-0.1, -0.05) is 84.9 Å². The first-order chi connectivity index (χ1) is 23.8. The zero-order valence-electron chi connectivity index (χ0n) is 25.6. The second-order valence-electron chi connectivity index (χ2n) is 12.4. The van der Waals surface area contributed by atoms with Crippen LogP contribution in [-0.4, -0.2) is 14.1 Å². The minimum Gasteiger partial charge on any atom is -0.423 e. The Morgan fingerprint density at radius 2 is 1.04 bits per heavy atom. The molecule has 0 aliphatic carbocycles. The zero-order chi connectivity index (χ0) is 31.3. The number of oxazole rings is 1. The summed E-state index contributed by atoms with van der Waals surface area (Å²) in [5.41, 5.74) is 9.78. The number of nitrogens with zero attached hydrogens (tertiary/aromatic N) is 3. The molecule has 4 aromatic heterocycles. The molecule has 0 aliphatic rings. The molecule has 0 fully saturated rings. The van der Waals surface area contributed by atoms with Crippen LogP contribution >= 0.6 is 11.3 Å². The monoisotopic (exact) mass is 631 g/mol. The number of para-hydroxylation sites is 3. The van der Waals surface area contributed by atoms with Gasteiger partial charge in [0, 0.05) is 47.4 Å². The molecule has 0 saturated heterocycles. The first-order valence-corrected chi connectivity index (χ1v) is 17.0. The number of rotatable bonds is 3. The van der Waals surface area contributed by atoms with E-state index >= 15 is 0 Å². The van der Waals surface area contributed by atoms with Crippen LogP contribution in [-0.2, 0) is 0 Å². The molecule has 11 rings (SSSR count). The van der Waals surface area contributed by atoms with Crippen molar-refractivity contribution in [2.24, 2.45) is 0 Å². The molecular weight excluding hydrogens is 607 g/mol. The fraction of sp³-hybridized carbons (Fsp3) is 0. The summed E-state index contributed by atoms with van der Waals surface area (Å²) in [4.78, 5) is 5.18. The number of aromatic nitrogens is 3. The molecule has 7 aromatic carbocycles. The normalized spacial score (nSPS) is 12.2. The maximum atomic E-state index is 6.55. The van der Waals surface area contributed by atoms with Gasteiger partial charge >= 0.3 is 6.01 Å². The Morgan fingerprint density at radius 1 is 0.458 bits per heavy atom. The maximum Gasteiger partial charge on any atom is 0.307 e. The van der Waals surface area contributed by atoms with Gasteiger partial charge in [-0.05, 0) is 77.9 Å². The molecular formula is C43H25N3OS. The second kappa shape index (κ2) is 9.67. The molecule has 48 heavy (non-hydrogen) atoms. The van der Waals surface area contributed by atoms with Gasteiger partial charge in [-0.25, -0.2) is 0 Å². The van der Waals surface area contributed by atoms with Crippen molar-refractivity contribution in [2.75, 3.05) is 0 Å². The average molecular weight is 632 g/mol. The van der Waals surface area contributed by atoms with Gasteiger partial charge in [0.2, 0.25) is 0 Å². The number of hydrogen-bond donors (Lipinski definition) is 0. The molecule has 0 radical (unpaired) electrons. The smallest absolute Gasteiger partial charge is 0.307 e. The topological polar surface area (TPSA) is 35.9 Å². The van der Waals surface area contributed by atoms with E-state index in [2.05, 4.69) is 161 Å². The van der Waals surface area contributed by atoms with E-state index in [0.717, 1.165) is 33.2 Å². The Kier molecular flexibility index (Phi) is 5.23. The predicted molar refractivity (Wildman–Crippen MR) is 201 cm³/mol. The van der Waals surface area contributed by atoms with E-state index in [1.807, 2.05) is 0 Å². The fourth-order valence-corrected chi connectivity index (χ4v) is 8.76. The second-order valence-corrected chi connectivity index (χ2v) is 13.5. The van der Waals surface area contributed by atoms with E-state index in [1.54, 1.807) is 11.3 Å². The molecule has 11 aromatic rings. The van der Waals surface area contributed by atoms with E-state index < -0.39 is 0 Å². The summed E-state index contributed by atoms with van der Waals surface area (Å²) in [5.74, 6) is 0. The van der Waals surface area contributed by atoms with Crippen LogP contribution in [0.3, 0.4) is 0 Å². The maximum absolute atomic E-state index is 6.55. The standard InChI is InChI=1S/C43H25N3OS/c1-2-10-28(11-3-1)45-34-15-7-4-12-29(34)32-24-26(18-20-36(32)45)27-19-21-37-33(25-27)30-13-5-8-16-35(30)46(37)43-44-42-38(47-43)22-23-40-41(42)31-14-6-9-17-39(31)48-40/h1-25H. The zero-order valence-corrected chi connectivity index (χ0v) is 26.4. The SMILES string of the molecule is c1ccc(-n2c3ccccc3c3cc(-c4ccc5c(c4)c4ccccc4n5-c4nc5c(ccc6sc7ccccc7c65)o4)ccc32)cc1. The van der Waals surface area contributed by atoms with E-state index in [-0.39, 0.29) is 0 Å². The van der Waals surface area contributed by atoms with E-state index in [0.29, 0.717) is 6.01 Å². The lowest BCUT2D eigenvalue weighted by Crippen LogP contribution is -1.93. The lowest BCUT2D eigenvalue weighted by atomic mass is 10.0. The first-order valence-electron chi connectivity index (χ1n) is 16.1. The average Bonchev–Trinajstić information content (AvgIpc) is 3.90. The van der Waals surface area contributed by atoms with Crippen LogP contribution < -0.4 is 0 Å². The van der Waals surface area contributed by atoms with Crippen molar-refractivity contribution in [1.29, 1.82) is 0 Å². The van der Waals surface area contributed by atoms with Crippen molar-refractivity contribution in [3.05, 3.63) is 152 Å². The van der Waals surface area contributed by atoms with Crippen LogP contribution in [0.1, 0.15) is 0 Å². The summed E-state index contributed by atoms with van der Waals surface area (Å²) in [7, 11) is 0. The Bertz CT molecular complexity index is 3070. The number of fused-ring (bicyclic) bond motifs is 11. The van der Waals surface area contributed by atoms with Gasteiger partial charge in [-0.2, -0.15) is 4.98 Å². The van der Waals surface area contributed by atoms with E-state index in [4.69, 9.17) is 9.40 Å². The molecule has 4 nitrogen and oxygen atoms in total. The van der Waals surface area contributed by atoms with Crippen molar-refractivity contribution >= 4 is 86.2 Å². The van der Waals surface area contributed by atoms with Crippen LogP contribution in [0.25, 0.3) is 97.7 Å². The van der Waals surface area contributed by atoms with Crippen LogP contribution in [0.2, 0.25) is 0 Å². The minimum atomic E-state index is 0.585. The largest absolute Gasteiger partial charge is 0.423 e. The van der Waals surface area contributed by atoms with Gasteiger partial charge in [0.15, 0.2) is 5.58 Å². The molecule has 0 unspecified atom stereocenters. The quantitative estimate of drug-likeness (QED) is 0.194. The van der Waals surface area contributed by atoms with Gasteiger partial charge in [-0.3, -0.25) is 4.57 Å². The van der Waals surface area contributed by atoms with Crippen LogP contribution in [0, 0.1) is 0 Å². The Hall–Kier alpha value is -6.17. The lowest BCUT2D eigenvalue weighted by Gasteiger charge is -2.08. The molecule has 0 atom stereocenters. The highest BCUT2D eigenvalue weighted by molar-refractivity contribution is 7.26. The number of thiophene rings is 1. The van der Waals surface area contributed by atoms with Gasteiger partial charge < -0.3 is 8.98 Å².